The highest BCUT2D eigenvalue weighted by Gasteiger charge is 2.44. The van der Waals surface area contributed by atoms with Crippen LogP contribution in [-0.4, -0.2) is 35.6 Å². The van der Waals surface area contributed by atoms with E-state index in [1.165, 1.54) is 0 Å². The van der Waals surface area contributed by atoms with Crippen LogP contribution >= 0.6 is 12.2 Å². The Morgan fingerprint density at radius 2 is 1.65 bits per heavy atom. The van der Waals surface area contributed by atoms with Crippen LogP contribution in [0.1, 0.15) is 26.2 Å². The average Bonchev–Trinajstić information content (AvgIpc) is 3.10. The van der Waals surface area contributed by atoms with Crippen LogP contribution in [0.5, 0.6) is 0 Å². The Morgan fingerprint density at radius 3 is 2.32 bits per heavy atom. The minimum absolute atomic E-state index is 0.319. The molecule has 4 rings (SSSR count). The van der Waals surface area contributed by atoms with Gasteiger partial charge in [-0.05, 0) is 62.3 Å². The summed E-state index contributed by atoms with van der Waals surface area (Å²) in [6, 6.07) is 19.8. The number of thiocarbonyl (C=S) groups is 1. The summed E-state index contributed by atoms with van der Waals surface area (Å²) in [5.74, 6) is -0.668. The zero-order valence-corrected chi connectivity index (χ0v) is 19.9. The molecule has 1 aliphatic carbocycles. The Hall–Kier alpha value is -3.65. The molecule has 34 heavy (non-hydrogen) atoms. The number of para-hydroxylation sites is 2. The van der Waals surface area contributed by atoms with E-state index in [9.17, 15) is 9.59 Å². The Balaban J connectivity index is 1.67. The second-order valence-corrected chi connectivity index (χ2v) is 8.77. The van der Waals surface area contributed by atoms with Crippen molar-refractivity contribution < 1.29 is 9.59 Å². The van der Waals surface area contributed by atoms with E-state index < -0.39 is 5.54 Å². The fourth-order valence-corrected chi connectivity index (χ4v) is 4.60. The van der Waals surface area contributed by atoms with Crippen LogP contribution in [0.3, 0.4) is 0 Å². The molecule has 0 saturated heterocycles. The Kier molecular flexibility index (Phi) is 7.27. The topological polar surface area (TPSA) is 94.3 Å². The zero-order chi connectivity index (χ0) is 24.0. The molecule has 1 atom stereocenters. The van der Waals surface area contributed by atoms with Crippen LogP contribution in [0.4, 0.5) is 11.4 Å². The van der Waals surface area contributed by atoms with E-state index in [1.54, 1.807) is 0 Å². The van der Waals surface area contributed by atoms with Crippen LogP contribution in [-0.2, 0) is 9.59 Å². The normalized spacial score (nSPS) is 19.1. The van der Waals surface area contributed by atoms with Crippen molar-refractivity contribution in [3.63, 3.8) is 0 Å². The molecular formula is C26H29N5O2S. The van der Waals surface area contributed by atoms with E-state index in [0.717, 1.165) is 30.0 Å². The lowest BCUT2D eigenvalue weighted by atomic mass is 9.77. The summed E-state index contributed by atoms with van der Waals surface area (Å²) >= 11 is 5.30. The van der Waals surface area contributed by atoms with Crippen molar-refractivity contribution in [1.29, 1.82) is 0 Å². The highest BCUT2D eigenvalue weighted by atomic mass is 32.1. The monoisotopic (exact) mass is 475 g/mol. The number of rotatable bonds is 9. The molecule has 1 aliphatic heterocycles. The maximum Gasteiger partial charge on any atom is 0.258 e. The second kappa shape index (κ2) is 10.5. The lowest BCUT2D eigenvalue weighted by molar-refractivity contribution is -0.124. The van der Waals surface area contributed by atoms with Gasteiger partial charge in [0, 0.05) is 42.2 Å². The van der Waals surface area contributed by atoms with E-state index in [4.69, 9.17) is 12.2 Å². The summed E-state index contributed by atoms with van der Waals surface area (Å²) in [7, 11) is 0. The van der Waals surface area contributed by atoms with Crippen LogP contribution in [0, 0.1) is 0 Å². The molecule has 0 saturated carbocycles. The van der Waals surface area contributed by atoms with E-state index in [2.05, 4.69) is 26.6 Å². The third-order valence-corrected chi connectivity index (χ3v) is 6.26. The summed E-state index contributed by atoms with van der Waals surface area (Å²) in [5.41, 5.74) is 3.02. The maximum absolute atomic E-state index is 12.6. The molecule has 1 unspecified atom stereocenters. The van der Waals surface area contributed by atoms with Gasteiger partial charge in [0.05, 0.1) is 11.1 Å². The van der Waals surface area contributed by atoms with Crippen LogP contribution in [0.25, 0.3) is 0 Å². The molecule has 0 aromatic heterocycles. The number of nitrogens with one attached hydrogen (secondary N) is 5. The molecule has 1 heterocycles. The van der Waals surface area contributed by atoms with Gasteiger partial charge in [0.25, 0.3) is 11.8 Å². The van der Waals surface area contributed by atoms with Crippen LogP contribution < -0.4 is 26.6 Å². The quantitative estimate of drug-likeness (QED) is 0.215. The largest absolute Gasteiger partial charge is 0.374 e. The first-order valence-electron chi connectivity index (χ1n) is 11.5. The standard InChI is InChI=1S/C26H29N5O2S/c1-2-27-25(34)28-15-9-14-26(31-19-12-7-4-8-13-19)17-21-20(23(32)30-24(21)33)16-22(26)29-18-10-5-3-6-11-18/h3-8,10-13,16,29,31H,2,9,14-15,17H2,1H3,(H2,27,28,34)(H,30,32,33). The minimum atomic E-state index is -0.626. The predicted molar refractivity (Wildman–Crippen MR) is 139 cm³/mol. The van der Waals surface area contributed by atoms with Crippen molar-refractivity contribution >= 4 is 40.5 Å². The molecule has 8 heteroatoms. The zero-order valence-electron chi connectivity index (χ0n) is 19.1. The van der Waals surface area contributed by atoms with Gasteiger partial charge in [-0.2, -0.15) is 0 Å². The highest BCUT2D eigenvalue weighted by molar-refractivity contribution is 7.80. The number of carbonyl (C=O) groups excluding carboxylic acids is 2. The average molecular weight is 476 g/mol. The van der Waals surface area contributed by atoms with Crippen molar-refractivity contribution in [1.82, 2.24) is 16.0 Å². The van der Waals surface area contributed by atoms with E-state index >= 15 is 0 Å². The third kappa shape index (κ3) is 5.28. The minimum Gasteiger partial charge on any atom is -0.374 e. The Labute approximate surface area is 205 Å². The fraction of sp³-hybridized carbons (Fsp3) is 0.269. The molecule has 2 aromatic carbocycles. The number of carbonyl (C=O) groups is 2. The Morgan fingerprint density at radius 1 is 0.971 bits per heavy atom. The smallest absolute Gasteiger partial charge is 0.258 e. The van der Waals surface area contributed by atoms with Gasteiger partial charge in [-0.1, -0.05) is 36.4 Å². The number of imide groups is 1. The molecule has 0 radical (unpaired) electrons. The molecule has 0 bridgehead atoms. The lowest BCUT2D eigenvalue weighted by Crippen LogP contribution is -2.46. The maximum atomic E-state index is 12.6. The van der Waals surface area contributed by atoms with Crippen molar-refractivity contribution in [2.24, 2.45) is 0 Å². The van der Waals surface area contributed by atoms with Gasteiger partial charge in [0.2, 0.25) is 0 Å². The van der Waals surface area contributed by atoms with Crippen molar-refractivity contribution in [2.75, 3.05) is 23.7 Å². The number of benzene rings is 2. The van der Waals surface area contributed by atoms with E-state index in [1.807, 2.05) is 73.7 Å². The van der Waals surface area contributed by atoms with E-state index in [-0.39, 0.29) is 11.8 Å². The fourth-order valence-electron chi connectivity index (χ4n) is 4.36. The number of hydrogen-bond acceptors (Lipinski definition) is 5. The van der Waals surface area contributed by atoms with E-state index in [0.29, 0.717) is 35.6 Å². The Bertz CT molecular complexity index is 1130. The SMILES string of the molecule is CCNC(=S)NCCCC1(Nc2ccccc2)CC2=C(C=C1Nc1ccccc1)C(=O)NC2=O. The number of hydrogen-bond donors (Lipinski definition) is 5. The molecule has 2 aromatic rings. The molecule has 0 fully saturated rings. The van der Waals surface area contributed by atoms with Gasteiger partial charge in [-0.3, -0.25) is 14.9 Å². The van der Waals surface area contributed by atoms with Gasteiger partial charge >= 0.3 is 0 Å². The molecule has 2 aliphatic rings. The summed E-state index contributed by atoms with van der Waals surface area (Å²) in [6.45, 7) is 3.44. The summed E-state index contributed by atoms with van der Waals surface area (Å²) < 4.78 is 0. The molecule has 5 N–H and O–H groups in total. The lowest BCUT2D eigenvalue weighted by Gasteiger charge is -2.41. The van der Waals surface area contributed by atoms with Crippen molar-refractivity contribution in [3.05, 3.63) is 83.6 Å². The second-order valence-electron chi connectivity index (χ2n) is 8.36. The van der Waals surface area contributed by atoms with Crippen LogP contribution in [0.15, 0.2) is 83.6 Å². The predicted octanol–water partition coefficient (Wildman–Crippen LogP) is 3.45. The molecular weight excluding hydrogens is 446 g/mol. The van der Waals surface area contributed by atoms with Gasteiger partial charge in [0.1, 0.15) is 0 Å². The highest BCUT2D eigenvalue weighted by Crippen LogP contribution is 2.41. The summed E-state index contributed by atoms with van der Waals surface area (Å²) in [5, 5.41) is 16.6. The number of amides is 2. The van der Waals surface area contributed by atoms with Gasteiger partial charge < -0.3 is 21.3 Å². The van der Waals surface area contributed by atoms with Gasteiger partial charge in [-0.15, -0.1) is 0 Å². The summed E-state index contributed by atoms with van der Waals surface area (Å²) in [4.78, 5) is 25.1. The first-order valence-corrected chi connectivity index (χ1v) is 11.9. The molecule has 176 valence electrons. The van der Waals surface area contributed by atoms with Crippen molar-refractivity contribution in [3.8, 4) is 0 Å². The van der Waals surface area contributed by atoms with Gasteiger partial charge in [0.15, 0.2) is 5.11 Å². The summed E-state index contributed by atoms with van der Waals surface area (Å²) in [6.07, 6.45) is 3.70. The third-order valence-electron chi connectivity index (χ3n) is 5.97. The molecule has 7 nitrogen and oxygen atoms in total. The van der Waals surface area contributed by atoms with Crippen molar-refractivity contribution in [2.45, 2.75) is 31.7 Å². The first-order chi connectivity index (χ1) is 16.5. The molecule has 0 spiro atoms. The molecule has 2 amide bonds. The van der Waals surface area contributed by atoms with Crippen LogP contribution in [0.2, 0.25) is 0 Å². The first kappa shape index (κ1) is 23.5. The van der Waals surface area contributed by atoms with Gasteiger partial charge in [-0.25, -0.2) is 0 Å². The number of anilines is 2.